The highest BCUT2D eigenvalue weighted by molar-refractivity contribution is 5.85. The maximum Gasteiger partial charge on any atom is 0.223 e. The molecule has 0 atom stereocenters. The van der Waals surface area contributed by atoms with E-state index in [4.69, 9.17) is 15.2 Å². The molecule has 0 unspecified atom stereocenters. The van der Waals surface area contributed by atoms with Crippen LogP contribution in [0, 0.1) is 0 Å². The molecule has 2 N–H and O–H groups in total. The van der Waals surface area contributed by atoms with Gasteiger partial charge < -0.3 is 20.1 Å². The number of rotatable bonds is 6. The Morgan fingerprint density at radius 3 is 2.43 bits per heavy atom. The van der Waals surface area contributed by atoms with Crippen molar-refractivity contribution in [3.05, 3.63) is 23.8 Å². The molecule has 1 aromatic carbocycles. The number of carbonyl (C=O) groups excluding carboxylic acids is 1. The van der Waals surface area contributed by atoms with Crippen LogP contribution in [0.15, 0.2) is 18.2 Å². The van der Waals surface area contributed by atoms with Gasteiger partial charge in [-0.1, -0.05) is 0 Å². The number of methoxy groups -OCH3 is 2. The second kappa shape index (κ2) is 9.60. The fourth-order valence-corrected chi connectivity index (χ4v) is 2.68. The molecular weight excluding hydrogens is 318 g/mol. The zero-order valence-corrected chi connectivity index (χ0v) is 14.6. The van der Waals surface area contributed by atoms with Crippen molar-refractivity contribution in [1.82, 2.24) is 9.80 Å². The van der Waals surface area contributed by atoms with Crippen molar-refractivity contribution in [2.45, 2.75) is 13.0 Å². The van der Waals surface area contributed by atoms with E-state index in [-0.39, 0.29) is 18.3 Å². The van der Waals surface area contributed by atoms with Crippen LogP contribution < -0.4 is 15.2 Å². The molecule has 1 aliphatic heterocycles. The Bertz CT molecular complexity index is 505. The highest BCUT2D eigenvalue weighted by atomic mass is 35.5. The van der Waals surface area contributed by atoms with Gasteiger partial charge in [-0.05, 0) is 18.2 Å². The third kappa shape index (κ3) is 5.27. The minimum absolute atomic E-state index is 0. The Morgan fingerprint density at radius 2 is 1.87 bits per heavy atom. The average molecular weight is 344 g/mol. The monoisotopic (exact) mass is 343 g/mol. The summed E-state index contributed by atoms with van der Waals surface area (Å²) >= 11 is 0. The number of nitrogens with zero attached hydrogens (tertiary/aromatic N) is 2. The van der Waals surface area contributed by atoms with Crippen molar-refractivity contribution >= 4 is 18.3 Å². The van der Waals surface area contributed by atoms with Crippen LogP contribution in [-0.4, -0.2) is 62.7 Å². The van der Waals surface area contributed by atoms with Crippen LogP contribution in [0.2, 0.25) is 0 Å². The largest absolute Gasteiger partial charge is 0.497 e. The molecule has 1 amide bonds. The Balaban J connectivity index is 0.00000264. The lowest BCUT2D eigenvalue weighted by atomic mass is 10.1. The first-order chi connectivity index (χ1) is 10.7. The molecule has 2 rings (SSSR count). The zero-order valence-electron chi connectivity index (χ0n) is 13.8. The molecule has 23 heavy (non-hydrogen) atoms. The number of benzene rings is 1. The second-order valence-corrected chi connectivity index (χ2v) is 5.37. The fraction of sp³-hybridized carbons (Fsp3) is 0.562. The van der Waals surface area contributed by atoms with Crippen LogP contribution in [0.5, 0.6) is 11.5 Å². The molecule has 0 aromatic heterocycles. The minimum atomic E-state index is 0. The Morgan fingerprint density at radius 1 is 1.17 bits per heavy atom. The molecular formula is C16H26ClN3O3. The summed E-state index contributed by atoms with van der Waals surface area (Å²) in [5.74, 6) is 1.84. The number of halogens is 1. The Hall–Kier alpha value is -1.50. The van der Waals surface area contributed by atoms with Crippen molar-refractivity contribution in [2.24, 2.45) is 5.73 Å². The van der Waals surface area contributed by atoms with E-state index in [2.05, 4.69) is 4.90 Å². The van der Waals surface area contributed by atoms with E-state index in [1.807, 2.05) is 23.1 Å². The average Bonchev–Trinajstić information content (AvgIpc) is 2.55. The highest BCUT2D eigenvalue weighted by Gasteiger charge is 2.21. The highest BCUT2D eigenvalue weighted by Crippen LogP contribution is 2.25. The van der Waals surface area contributed by atoms with Gasteiger partial charge in [-0.2, -0.15) is 0 Å². The third-order valence-corrected chi connectivity index (χ3v) is 3.96. The molecule has 1 aliphatic rings. The normalized spacial score (nSPS) is 15.0. The number of amides is 1. The van der Waals surface area contributed by atoms with E-state index in [1.165, 1.54) is 0 Å². The molecule has 0 saturated carbocycles. The Labute approximate surface area is 143 Å². The van der Waals surface area contributed by atoms with Crippen LogP contribution in [0.3, 0.4) is 0 Å². The van der Waals surface area contributed by atoms with Crippen LogP contribution in [0.4, 0.5) is 0 Å². The van der Waals surface area contributed by atoms with E-state index in [9.17, 15) is 4.79 Å². The van der Waals surface area contributed by atoms with Gasteiger partial charge in [0.15, 0.2) is 0 Å². The topological polar surface area (TPSA) is 68.0 Å². The standard InChI is InChI=1S/C16H25N3O3.ClH/c1-21-14-3-4-15(22-2)13(11-14)12-18-7-9-19(10-8-18)16(20)5-6-17;/h3-4,11H,5-10,12,17H2,1-2H3;1H. The summed E-state index contributed by atoms with van der Waals surface area (Å²) < 4.78 is 10.7. The lowest BCUT2D eigenvalue weighted by Crippen LogP contribution is -2.48. The molecule has 1 aromatic rings. The van der Waals surface area contributed by atoms with Crippen molar-refractivity contribution in [3.63, 3.8) is 0 Å². The van der Waals surface area contributed by atoms with Gasteiger partial charge in [-0.25, -0.2) is 0 Å². The minimum Gasteiger partial charge on any atom is -0.497 e. The van der Waals surface area contributed by atoms with Crippen LogP contribution in [0.1, 0.15) is 12.0 Å². The first kappa shape index (κ1) is 19.5. The number of hydrogen-bond acceptors (Lipinski definition) is 5. The van der Waals surface area contributed by atoms with Gasteiger partial charge in [0.2, 0.25) is 5.91 Å². The van der Waals surface area contributed by atoms with E-state index in [0.717, 1.165) is 49.8 Å². The molecule has 0 radical (unpaired) electrons. The maximum atomic E-state index is 11.8. The smallest absolute Gasteiger partial charge is 0.223 e. The van der Waals surface area contributed by atoms with Gasteiger partial charge in [0.1, 0.15) is 11.5 Å². The number of nitrogens with two attached hydrogens (primary N) is 1. The van der Waals surface area contributed by atoms with E-state index in [1.54, 1.807) is 14.2 Å². The summed E-state index contributed by atoms with van der Waals surface area (Å²) in [6, 6.07) is 5.83. The molecule has 0 bridgehead atoms. The molecule has 130 valence electrons. The van der Waals surface area contributed by atoms with E-state index < -0.39 is 0 Å². The van der Waals surface area contributed by atoms with Crippen LogP contribution in [0.25, 0.3) is 0 Å². The predicted molar refractivity (Wildman–Crippen MR) is 92.3 cm³/mol. The van der Waals surface area contributed by atoms with Crippen LogP contribution in [-0.2, 0) is 11.3 Å². The molecule has 6 nitrogen and oxygen atoms in total. The lowest BCUT2D eigenvalue weighted by Gasteiger charge is -2.35. The molecule has 1 fully saturated rings. The number of carbonyl (C=O) groups is 1. The fourth-order valence-electron chi connectivity index (χ4n) is 2.68. The summed E-state index contributed by atoms with van der Waals surface area (Å²) in [6.45, 7) is 4.43. The van der Waals surface area contributed by atoms with Gasteiger partial charge >= 0.3 is 0 Å². The third-order valence-electron chi connectivity index (χ3n) is 3.96. The quantitative estimate of drug-likeness (QED) is 0.838. The van der Waals surface area contributed by atoms with E-state index >= 15 is 0 Å². The predicted octanol–water partition coefficient (Wildman–Crippen LogP) is 1.12. The van der Waals surface area contributed by atoms with Gasteiger partial charge in [0, 0.05) is 51.3 Å². The maximum absolute atomic E-state index is 11.8. The summed E-state index contributed by atoms with van der Waals surface area (Å²) in [4.78, 5) is 16.1. The van der Waals surface area contributed by atoms with Crippen molar-refractivity contribution in [1.29, 1.82) is 0 Å². The zero-order chi connectivity index (χ0) is 15.9. The van der Waals surface area contributed by atoms with Crippen LogP contribution >= 0.6 is 12.4 Å². The second-order valence-electron chi connectivity index (χ2n) is 5.37. The van der Waals surface area contributed by atoms with Gasteiger partial charge in [0.05, 0.1) is 14.2 Å². The van der Waals surface area contributed by atoms with Gasteiger partial charge in [-0.15, -0.1) is 12.4 Å². The molecule has 0 spiro atoms. The Kier molecular flexibility index (Phi) is 8.16. The number of ether oxygens (including phenoxy) is 2. The van der Waals surface area contributed by atoms with Gasteiger partial charge in [-0.3, -0.25) is 9.69 Å². The van der Waals surface area contributed by atoms with Crippen molar-refractivity contribution in [2.75, 3.05) is 46.9 Å². The summed E-state index contributed by atoms with van der Waals surface area (Å²) in [7, 11) is 3.34. The van der Waals surface area contributed by atoms with Crippen molar-refractivity contribution in [3.8, 4) is 11.5 Å². The summed E-state index contributed by atoms with van der Waals surface area (Å²) in [5.41, 5.74) is 6.54. The van der Waals surface area contributed by atoms with Crippen molar-refractivity contribution < 1.29 is 14.3 Å². The number of hydrogen-bond donors (Lipinski definition) is 1. The van der Waals surface area contributed by atoms with Gasteiger partial charge in [0.25, 0.3) is 0 Å². The molecule has 0 aliphatic carbocycles. The molecule has 1 heterocycles. The summed E-state index contributed by atoms with van der Waals surface area (Å²) in [6.07, 6.45) is 0.434. The number of piperazine rings is 1. The van der Waals surface area contributed by atoms with E-state index in [0.29, 0.717) is 13.0 Å². The first-order valence-corrected chi connectivity index (χ1v) is 7.59. The lowest BCUT2D eigenvalue weighted by molar-refractivity contribution is -0.132. The molecule has 1 saturated heterocycles. The molecule has 7 heteroatoms. The summed E-state index contributed by atoms with van der Waals surface area (Å²) in [5, 5.41) is 0. The first-order valence-electron chi connectivity index (χ1n) is 7.59. The SMILES string of the molecule is COc1ccc(OC)c(CN2CCN(C(=O)CCN)CC2)c1.Cl.